The van der Waals surface area contributed by atoms with Gasteiger partial charge in [0, 0.05) is 25.4 Å². The molecule has 176 valence electrons. The largest absolute Gasteiger partial charge is 0.497 e. The van der Waals surface area contributed by atoms with Crippen LogP contribution in [0.2, 0.25) is 0 Å². The fraction of sp³-hybridized carbons (Fsp3) is 0.375. The number of ether oxygens (including phenoxy) is 3. The van der Waals surface area contributed by atoms with Gasteiger partial charge in [-0.25, -0.2) is 9.69 Å². The van der Waals surface area contributed by atoms with E-state index < -0.39 is 18.0 Å². The van der Waals surface area contributed by atoms with Crippen molar-refractivity contribution in [1.82, 2.24) is 4.90 Å². The van der Waals surface area contributed by atoms with Crippen molar-refractivity contribution in [3.05, 3.63) is 48.5 Å². The lowest BCUT2D eigenvalue weighted by molar-refractivity contribution is -0.124. The third-order valence-corrected chi connectivity index (χ3v) is 5.16. The Morgan fingerprint density at radius 2 is 1.79 bits per heavy atom. The lowest BCUT2D eigenvalue weighted by Gasteiger charge is -2.21. The highest BCUT2D eigenvalue weighted by Crippen LogP contribution is 2.29. The van der Waals surface area contributed by atoms with E-state index in [0.29, 0.717) is 29.5 Å². The molecule has 4 amide bonds. The number of hydrogen-bond acceptors (Lipinski definition) is 6. The third-order valence-electron chi connectivity index (χ3n) is 5.16. The van der Waals surface area contributed by atoms with Crippen LogP contribution in [0.15, 0.2) is 48.5 Å². The van der Waals surface area contributed by atoms with Gasteiger partial charge in [0.2, 0.25) is 5.91 Å². The van der Waals surface area contributed by atoms with E-state index in [4.69, 9.17) is 14.2 Å². The minimum absolute atomic E-state index is 0.178. The maximum atomic E-state index is 13.2. The van der Waals surface area contributed by atoms with E-state index in [9.17, 15) is 14.4 Å². The van der Waals surface area contributed by atoms with E-state index in [1.165, 1.54) is 19.1 Å². The van der Waals surface area contributed by atoms with Crippen molar-refractivity contribution in [2.45, 2.75) is 25.8 Å². The molecule has 0 spiro atoms. The first-order valence-corrected chi connectivity index (χ1v) is 10.8. The molecule has 1 heterocycles. The topological polar surface area (TPSA) is 97.4 Å². The molecule has 1 fully saturated rings. The normalized spacial score (nSPS) is 15.7. The van der Waals surface area contributed by atoms with Gasteiger partial charge in [0.1, 0.15) is 17.5 Å². The highest BCUT2D eigenvalue weighted by molar-refractivity contribution is 6.22. The Morgan fingerprint density at radius 3 is 2.45 bits per heavy atom. The third kappa shape index (κ3) is 5.81. The molecule has 0 radical (unpaired) electrons. The monoisotopic (exact) mass is 455 g/mol. The summed E-state index contributed by atoms with van der Waals surface area (Å²) in [6.45, 7) is 3.06. The molecule has 9 nitrogen and oxygen atoms in total. The quantitative estimate of drug-likeness (QED) is 0.522. The zero-order valence-corrected chi connectivity index (χ0v) is 19.1. The Hall–Kier alpha value is -3.59. The van der Waals surface area contributed by atoms with Crippen LogP contribution in [0.25, 0.3) is 0 Å². The summed E-state index contributed by atoms with van der Waals surface area (Å²) in [6, 6.07) is 12.2. The van der Waals surface area contributed by atoms with E-state index in [0.717, 1.165) is 11.3 Å². The lowest BCUT2D eigenvalue weighted by Crippen LogP contribution is -2.39. The highest BCUT2D eigenvalue weighted by atomic mass is 16.5. The summed E-state index contributed by atoms with van der Waals surface area (Å²) in [5.74, 6) is 0.385. The van der Waals surface area contributed by atoms with Gasteiger partial charge in [0.05, 0.1) is 32.4 Å². The second-order valence-corrected chi connectivity index (χ2v) is 7.48. The number of anilines is 2. The smallest absolute Gasteiger partial charge is 0.332 e. The van der Waals surface area contributed by atoms with Gasteiger partial charge in [0.25, 0.3) is 5.91 Å². The lowest BCUT2D eigenvalue weighted by atomic mass is 10.1. The molecule has 9 heteroatoms. The summed E-state index contributed by atoms with van der Waals surface area (Å²) in [5, 5.41) is 2.78. The van der Waals surface area contributed by atoms with E-state index >= 15 is 0 Å². The van der Waals surface area contributed by atoms with Crippen LogP contribution < -0.4 is 19.7 Å². The summed E-state index contributed by atoms with van der Waals surface area (Å²) in [7, 11) is 3.02. The van der Waals surface area contributed by atoms with Gasteiger partial charge in [-0.1, -0.05) is 13.0 Å². The number of urea groups is 1. The second kappa shape index (κ2) is 11.3. The number of nitrogens with one attached hydrogen (secondary N) is 1. The zero-order valence-electron chi connectivity index (χ0n) is 19.1. The summed E-state index contributed by atoms with van der Waals surface area (Å²) >= 11 is 0. The maximum absolute atomic E-state index is 13.2. The Bertz CT molecular complexity index is 978. The fourth-order valence-corrected chi connectivity index (χ4v) is 3.51. The minimum Gasteiger partial charge on any atom is -0.497 e. The Balaban J connectivity index is 1.74. The molecule has 1 aliphatic rings. The van der Waals surface area contributed by atoms with Crippen molar-refractivity contribution in [1.29, 1.82) is 0 Å². The molecule has 33 heavy (non-hydrogen) atoms. The standard InChI is InChI=1S/C24H29N3O6/c1-4-13-33-19-10-8-17(9-11-19)25-22(28)16-21-23(29)27(24(30)26(21)12-14-31-2)18-6-5-7-20(15-18)32-3/h5-11,15,21H,4,12-14,16H2,1-3H3,(H,25,28)/t21-/m1/s1. The Kier molecular flexibility index (Phi) is 8.26. The first kappa shape index (κ1) is 24.1. The number of amides is 4. The molecule has 0 bridgehead atoms. The average molecular weight is 456 g/mol. The van der Waals surface area contributed by atoms with Crippen LogP contribution in [0.1, 0.15) is 19.8 Å². The summed E-state index contributed by atoms with van der Waals surface area (Å²) in [5.41, 5.74) is 0.964. The van der Waals surface area contributed by atoms with E-state index in [-0.39, 0.29) is 25.5 Å². The van der Waals surface area contributed by atoms with Gasteiger partial charge < -0.3 is 24.4 Å². The molecule has 2 aromatic rings. The molecule has 1 aliphatic heterocycles. The number of benzene rings is 2. The minimum atomic E-state index is -0.939. The number of rotatable bonds is 11. The van der Waals surface area contributed by atoms with Crippen LogP contribution in [0.5, 0.6) is 11.5 Å². The first-order valence-electron chi connectivity index (χ1n) is 10.8. The van der Waals surface area contributed by atoms with Crippen LogP contribution in [0.4, 0.5) is 16.2 Å². The molecule has 1 atom stereocenters. The molecular weight excluding hydrogens is 426 g/mol. The van der Waals surface area contributed by atoms with Crippen LogP contribution in [0, 0.1) is 0 Å². The predicted molar refractivity (Wildman–Crippen MR) is 124 cm³/mol. The summed E-state index contributed by atoms with van der Waals surface area (Å²) in [6.07, 6.45) is 0.724. The molecule has 1 saturated heterocycles. The molecule has 3 rings (SSSR count). The molecule has 0 aliphatic carbocycles. The van der Waals surface area contributed by atoms with Crippen LogP contribution >= 0.6 is 0 Å². The SMILES string of the molecule is CCCOc1ccc(NC(=O)C[C@@H]2C(=O)N(c3cccc(OC)c3)C(=O)N2CCOC)cc1. The Labute approximate surface area is 193 Å². The van der Waals surface area contributed by atoms with Crippen LogP contribution in [-0.4, -0.2) is 62.8 Å². The zero-order chi connectivity index (χ0) is 23.8. The Morgan fingerprint density at radius 1 is 1.03 bits per heavy atom. The molecule has 0 unspecified atom stereocenters. The van der Waals surface area contributed by atoms with Crippen molar-refractivity contribution < 1.29 is 28.6 Å². The van der Waals surface area contributed by atoms with Crippen LogP contribution in [0.3, 0.4) is 0 Å². The van der Waals surface area contributed by atoms with E-state index in [2.05, 4.69) is 5.32 Å². The number of carbonyl (C=O) groups is 3. The van der Waals surface area contributed by atoms with Crippen molar-refractivity contribution in [2.24, 2.45) is 0 Å². The molecular formula is C24H29N3O6. The van der Waals surface area contributed by atoms with Gasteiger partial charge in [-0.15, -0.1) is 0 Å². The number of carbonyl (C=O) groups excluding carboxylic acids is 3. The summed E-state index contributed by atoms with van der Waals surface area (Å²) in [4.78, 5) is 41.5. The van der Waals surface area contributed by atoms with Gasteiger partial charge in [-0.2, -0.15) is 0 Å². The predicted octanol–water partition coefficient (Wildman–Crippen LogP) is 3.30. The van der Waals surface area contributed by atoms with Crippen molar-refractivity contribution >= 4 is 29.2 Å². The van der Waals surface area contributed by atoms with Gasteiger partial charge in [-0.05, 0) is 42.8 Å². The number of hydrogen-bond donors (Lipinski definition) is 1. The molecule has 2 aromatic carbocycles. The fourth-order valence-electron chi connectivity index (χ4n) is 3.51. The van der Waals surface area contributed by atoms with Gasteiger partial charge in [-0.3, -0.25) is 9.59 Å². The molecule has 1 N–H and O–H groups in total. The number of methoxy groups -OCH3 is 2. The molecule has 0 saturated carbocycles. The highest BCUT2D eigenvalue weighted by Gasteiger charge is 2.46. The van der Waals surface area contributed by atoms with Crippen LogP contribution in [-0.2, 0) is 14.3 Å². The average Bonchev–Trinajstić information content (AvgIpc) is 3.05. The number of nitrogens with zero attached hydrogens (tertiary/aromatic N) is 2. The van der Waals surface area contributed by atoms with Crippen molar-refractivity contribution in [3.63, 3.8) is 0 Å². The van der Waals surface area contributed by atoms with Crippen molar-refractivity contribution in [3.8, 4) is 11.5 Å². The first-order chi connectivity index (χ1) is 16.0. The second-order valence-electron chi connectivity index (χ2n) is 7.48. The summed E-state index contributed by atoms with van der Waals surface area (Å²) < 4.78 is 15.8. The van der Waals surface area contributed by atoms with E-state index in [1.807, 2.05) is 6.92 Å². The van der Waals surface area contributed by atoms with Gasteiger partial charge >= 0.3 is 6.03 Å². The maximum Gasteiger partial charge on any atom is 0.332 e. The molecule has 0 aromatic heterocycles. The van der Waals surface area contributed by atoms with E-state index in [1.54, 1.807) is 48.5 Å². The van der Waals surface area contributed by atoms with Gasteiger partial charge in [0.15, 0.2) is 0 Å². The number of imide groups is 1. The van der Waals surface area contributed by atoms with Crippen molar-refractivity contribution in [2.75, 3.05) is 44.2 Å².